The SMILES string of the molecule is CCCCCCCCCCC(=N\O)/C(=N/O)c1ccc(CC)cc1. The topological polar surface area (TPSA) is 65.2 Å². The van der Waals surface area contributed by atoms with E-state index in [1.54, 1.807) is 0 Å². The van der Waals surface area contributed by atoms with Crippen molar-refractivity contribution in [2.45, 2.75) is 78.1 Å². The summed E-state index contributed by atoms with van der Waals surface area (Å²) < 4.78 is 0. The minimum absolute atomic E-state index is 0.364. The molecule has 0 bridgehead atoms. The van der Waals surface area contributed by atoms with E-state index in [2.05, 4.69) is 24.2 Å². The van der Waals surface area contributed by atoms with Gasteiger partial charge in [0, 0.05) is 5.56 Å². The van der Waals surface area contributed by atoms with E-state index >= 15 is 0 Å². The Morgan fingerprint density at radius 1 is 0.792 bits per heavy atom. The van der Waals surface area contributed by atoms with E-state index in [1.807, 2.05) is 24.3 Å². The molecule has 0 radical (unpaired) electrons. The molecular weight excluding hydrogens is 300 g/mol. The van der Waals surface area contributed by atoms with Gasteiger partial charge in [-0.05, 0) is 24.8 Å². The van der Waals surface area contributed by atoms with Crippen molar-refractivity contribution in [2.24, 2.45) is 10.3 Å². The molecular formula is C20H32N2O2. The molecule has 0 saturated heterocycles. The van der Waals surface area contributed by atoms with Crippen LogP contribution in [0.2, 0.25) is 0 Å². The van der Waals surface area contributed by atoms with E-state index < -0.39 is 0 Å². The highest BCUT2D eigenvalue weighted by molar-refractivity contribution is 6.48. The van der Waals surface area contributed by atoms with Gasteiger partial charge in [0.1, 0.15) is 11.4 Å². The van der Waals surface area contributed by atoms with Crippen molar-refractivity contribution in [2.75, 3.05) is 0 Å². The van der Waals surface area contributed by atoms with Gasteiger partial charge in [-0.15, -0.1) is 0 Å². The smallest absolute Gasteiger partial charge is 0.134 e. The first-order valence-corrected chi connectivity index (χ1v) is 9.29. The Kier molecular flexibility index (Phi) is 10.6. The summed E-state index contributed by atoms with van der Waals surface area (Å²) in [5.74, 6) is 0. The third-order valence-electron chi connectivity index (χ3n) is 4.40. The fourth-order valence-electron chi connectivity index (χ4n) is 2.82. The summed E-state index contributed by atoms with van der Waals surface area (Å²) in [5, 5.41) is 25.3. The summed E-state index contributed by atoms with van der Waals surface area (Å²) in [6, 6.07) is 7.83. The Morgan fingerprint density at radius 3 is 1.88 bits per heavy atom. The summed E-state index contributed by atoms with van der Waals surface area (Å²) in [7, 11) is 0. The molecule has 134 valence electrons. The van der Waals surface area contributed by atoms with E-state index in [4.69, 9.17) is 0 Å². The van der Waals surface area contributed by atoms with E-state index in [0.29, 0.717) is 17.8 Å². The Hall–Kier alpha value is -1.84. The highest BCUT2D eigenvalue weighted by atomic mass is 16.4. The molecule has 0 aliphatic heterocycles. The first-order chi connectivity index (χ1) is 11.8. The van der Waals surface area contributed by atoms with E-state index in [0.717, 1.165) is 24.8 Å². The van der Waals surface area contributed by atoms with E-state index in [9.17, 15) is 10.4 Å². The second-order valence-electron chi connectivity index (χ2n) is 6.27. The molecule has 0 atom stereocenters. The van der Waals surface area contributed by atoms with Crippen molar-refractivity contribution in [3.8, 4) is 0 Å². The van der Waals surface area contributed by atoms with Crippen LogP contribution in [0.15, 0.2) is 34.6 Å². The van der Waals surface area contributed by atoms with Crippen molar-refractivity contribution in [3.05, 3.63) is 35.4 Å². The van der Waals surface area contributed by atoms with Crippen LogP contribution in [0.5, 0.6) is 0 Å². The Balaban J connectivity index is 2.43. The second kappa shape index (κ2) is 12.6. The predicted molar refractivity (Wildman–Crippen MR) is 101 cm³/mol. The summed E-state index contributed by atoms with van der Waals surface area (Å²) in [6.45, 7) is 4.32. The Labute approximate surface area is 146 Å². The van der Waals surface area contributed by atoms with Crippen molar-refractivity contribution in [3.63, 3.8) is 0 Å². The van der Waals surface area contributed by atoms with E-state index in [-0.39, 0.29) is 0 Å². The summed E-state index contributed by atoms with van der Waals surface area (Å²) in [5.41, 5.74) is 2.82. The maximum atomic E-state index is 9.33. The molecule has 1 rings (SSSR count). The lowest BCUT2D eigenvalue weighted by Crippen LogP contribution is -2.16. The lowest BCUT2D eigenvalue weighted by Gasteiger charge is -2.08. The van der Waals surface area contributed by atoms with Crippen LogP contribution in [0.3, 0.4) is 0 Å². The van der Waals surface area contributed by atoms with Gasteiger partial charge >= 0.3 is 0 Å². The van der Waals surface area contributed by atoms with Crippen LogP contribution in [0.1, 0.15) is 82.8 Å². The van der Waals surface area contributed by atoms with Crippen LogP contribution < -0.4 is 0 Å². The minimum Gasteiger partial charge on any atom is -0.411 e. The van der Waals surface area contributed by atoms with Crippen molar-refractivity contribution in [1.82, 2.24) is 0 Å². The molecule has 0 saturated carbocycles. The number of aryl methyl sites for hydroxylation is 1. The average Bonchev–Trinajstić information content (AvgIpc) is 2.63. The van der Waals surface area contributed by atoms with Crippen LogP contribution in [0, 0.1) is 0 Å². The van der Waals surface area contributed by atoms with Gasteiger partial charge in [0.2, 0.25) is 0 Å². The fourth-order valence-corrected chi connectivity index (χ4v) is 2.82. The zero-order valence-electron chi connectivity index (χ0n) is 15.2. The molecule has 0 aliphatic rings. The van der Waals surface area contributed by atoms with Crippen LogP contribution in [0.25, 0.3) is 0 Å². The molecule has 1 aromatic carbocycles. The number of oxime groups is 2. The molecule has 0 heterocycles. The molecule has 4 heteroatoms. The Morgan fingerprint density at radius 2 is 1.38 bits per heavy atom. The lowest BCUT2D eigenvalue weighted by atomic mass is 9.99. The number of hydrogen-bond donors (Lipinski definition) is 2. The zero-order valence-corrected chi connectivity index (χ0v) is 15.2. The largest absolute Gasteiger partial charge is 0.411 e. The fraction of sp³-hybridized carbons (Fsp3) is 0.600. The van der Waals surface area contributed by atoms with Gasteiger partial charge in [-0.25, -0.2) is 0 Å². The van der Waals surface area contributed by atoms with Gasteiger partial charge in [0.05, 0.1) is 0 Å². The molecule has 0 aromatic heterocycles. The molecule has 1 aromatic rings. The quantitative estimate of drug-likeness (QED) is 0.220. The molecule has 2 N–H and O–H groups in total. The van der Waals surface area contributed by atoms with Gasteiger partial charge in [-0.2, -0.15) is 0 Å². The number of unbranched alkanes of at least 4 members (excludes halogenated alkanes) is 7. The first kappa shape index (κ1) is 20.2. The number of benzene rings is 1. The first-order valence-electron chi connectivity index (χ1n) is 9.29. The van der Waals surface area contributed by atoms with Gasteiger partial charge in [-0.1, -0.05) is 93.4 Å². The Bertz CT molecular complexity index is 507. The summed E-state index contributed by atoms with van der Waals surface area (Å²) in [4.78, 5) is 0. The third kappa shape index (κ3) is 7.16. The molecule has 0 spiro atoms. The molecule has 0 aliphatic carbocycles. The number of rotatable bonds is 12. The standard InChI is InChI=1S/C20H32N2O2/c1-3-5-6-7-8-9-10-11-12-19(21-23)20(22-24)18-15-13-17(4-2)14-16-18/h13-16,23-24H,3-12H2,1-2H3/b21-19+,22-20+. The van der Waals surface area contributed by atoms with Gasteiger partial charge in [-0.3, -0.25) is 0 Å². The van der Waals surface area contributed by atoms with Crippen molar-refractivity contribution in [1.29, 1.82) is 0 Å². The third-order valence-corrected chi connectivity index (χ3v) is 4.40. The molecule has 4 nitrogen and oxygen atoms in total. The molecule has 0 fully saturated rings. The monoisotopic (exact) mass is 332 g/mol. The maximum absolute atomic E-state index is 9.33. The highest BCUT2D eigenvalue weighted by Crippen LogP contribution is 2.13. The minimum atomic E-state index is 0.364. The molecule has 0 amide bonds. The second-order valence-corrected chi connectivity index (χ2v) is 6.27. The van der Waals surface area contributed by atoms with Crippen LogP contribution in [0.4, 0.5) is 0 Å². The van der Waals surface area contributed by atoms with E-state index in [1.165, 1.54) is 44.1 Å². The molecule has 24 heavy (non-hydrogen) atoms. The lowest BCUT2D eigenvalue weighted by molar-refractivity contribution is 0.313. The van der Waals surface area contributed by atoms with Crippen molar-refractivity contribution >= 4 is 11.4 Å². The summed E-state index contributed by atoms with van der Waals surface area (Å²) >= 11 is 0. The van der Waals surface area contributed by atoms with Gasteiger partial charge < -0.3 is 10.4 Å². The number of hydrogen-bond acceptors (Lipinski definition) is 4. The van der Waals surface area contributed by atoms with Crippen LogP contribution >= 0.6 is 0 Å². The average molecular weight is 332 g/mol. The predicted octanol–water partition coefficient (Wildman–Crippen LogP) is 5.79. The van der Waals surface area contributed by atoms with Gasteiger partial charge in [0.25, 0.3) is 0 Å². The van der Waals surface area contributed by atoms with Crippen LogP contribution in [-0.4, -0.2) is 21.8 Å². The van der Waals surface area contributed by atoms with Gasteiger partial charge in [0.15, 0.2) is 0 Å². The zero-order chi connectivity index (χ0) is 17.6. The highest BCUT2D eigenvalue weighted by Gasteiger charge is 2.13. The normalized spacial score (nSPS) is 12.6. The summed E-state index contributed by atoms with van der Waals surface area (Å²) in [6.07, 6.45) is 11.4. The maximum Gasteiger partial charge on any atom is 0.134 e. The molecule has 0 unspecified atom stereocenters. The number of nitrogens with zero attached hydrogens (tertiary/aromatic N) is 2. The van der Waals surface area contributed by atoms with Crippen molar-refractivity contribution < 1.29 is 10.4 Å². The van der Waals surface area contributed by atoms with Crippen LogP contribution in [-0.2, 0) is 6.42 Å².